The van der Waals surface area contributed by atoms with Crippen molar-refractivity contribution in [2.24, 2.45) is 0 Å². The first-order valence-electron chi connectivity index (χ1n) is 11.5. The quantitative estimate of drug-likeness (QED) is 0.334. The second-order valence-corrected chi connectivity index (χ2v) is 9.17. The average molecular weight is 453 g/mol. The number of hydrogen-bond donors (Lipinski definition) is 3. The van der Waals surface area contributed by atoms with Crippen LogP contribution < -0.4 is 10.6 Å². The highest BCUT2D eigenvalue weighted by molar-refractivity contribution is 5.74. The lowest BCUT2D eigenvalue weighted by Gasteiger charge is -2.10. The molecule has 34 heavy (non-hydrogen) atoms. The van der Waals surface area contributed by atoms with Crippen LogP contribution in [0.5, 0.6) is 0 Å². The Hall–Kier alpha value is -4.00. The summed E-state index contributed by atoms with van der Waals surface area (Å²) >= 11 is 0. The zero-order valence-corrected chi connectivity index (χ0v) is 19.1. The Morgan fingerprint density at radius 1 is 1.06 bits per heavy atom. The number of fused-ring (bicyclic) bond motifs is 1. The maximum Gasteiger partial charge on any atom is 0.246 e. The van der Waals surface area contributed by atoms with Gasteiger partial charge in [-0.2, -0.15) is 4.98 Å². The fourth-order valence-corrected chi connectivity index (χ4v) is 4.62. The molecule has 3 heterocycles. The molecule has 2 aliphatic rings. The lowest BCUT2D eigenvalue weighted by Crippen LogP contribution is -2.05. The summed E-state index contributed by atoms with van der Waals surface area (Å²) in [5, 5.41) is 13.6. The van der Waals surface area contributed by atoms with E-state index in [1.165, 1.54) is 18.4 Å². The van der Waals surface area contributed by atoms with E-state index in [1.807, 2.05) is 31.3 Å². The first-order valence-corrected chi connectivity index (χ1v) is 11.5. The van der Waals surface area contributed by atoms with Crippen LogP contribution in [0.15, 0.2) is 55.2 Å². The highest BCUT2D eigenvalue weighted by Gasteiger charge is 2.25. The number of hydrogen-bond acceptors (Lipinski definition) is 5. The van der Waals surface area contributed by atoms with Gasteiger partial charge in [0.25, 0.3) is 0 Å². The summed E-state index contributed by atoms with van der Waals surface area (Å²) < 4.78 is 15.1. The molecule has 0 bridgehead atoms. The van der Waals surface area contributed by atoms with Crippen LogP contribution in [0.4, 0.5) is 16.0 Å². The number of benzene rings is 2. The van der Waals surface area contributed by atoms with Crippen molar-refractivity contribution in [1.82, 2.24) is 25.5 Å². The number of aromatic nitrogens is 4. The molecule has 1 fully saturated rings. The summed E-state index contributed by atoms with van der Waals surface area (Å²) in [5.74, 6) is 1.00. The lowest BCUT2D eigenvalue weighted by atomic mass is 9.98. The minimum Gasteiger partial charge on any atom is -0.378 e. The predicted molar refractivity (Wildman–Crippen MR) is 132 cm³/mol. The molecule has 0 radical (unpaired) electrons. The average Bonchev–Trinajstić information content (AvgIpc) is 3.52. The number of nitrogens with one attached hydrogen (secondary N) is 3. The summed E-state index contributed by atoms with van der Waals surface area (Å²) in [6, 6.07) is 13.7. The van der Waals surface area contributed by atoms with Crippen molar-refractivity contribution in [2.45, 2.75) is 38.6 Å². The van der Waals surface area contributed by atoms with Gasteiger partial charge in [0.2, 0.25) is 5.95 Å². The molecule has 1 aliphatic heterocycles. The van der Waals surface area contributed by atoms with Gasteiger partial charge in [-0.05, 0) is 73.7 Å². The Balaban J connectivity index is 1.25. The second-order valence-electron chi connectivity index (χ2n) is 9.17. The Bertz CT molecular complexity index is 1420. The van der Waals surface area contributed by atoms with Gasteiger partial charge >= 0.3 is 0 Å². The molecule has 4 aromatic rings. The summed E-state index contributed by atoms with van der Waals surface area (Å²) in [7, 11) is 0. The molecule has 0 saturated heterocycles. The molecule has 6 rings (SSSR count). The molecule has 0 amide bonds. The van der Waals surface area contributed by atoms with Crippen LogP contribution in [0.25, 0.3) is 28.2 Å². The molecule has 3 N–H and O–H groups in total. The van der Waals surface area contributed by atoms with Gasteiger partial charge in [0.15, 0.2) is 5.82 Å². The lowest BCUT2D eigenvalue weighted by molar-refractivity contribution is 0.630. The molecule has 0 spiro atoms. The molecular weight excluding hydrogens is 427 g/mol. The van der Waals surface area contributed by atoms with E-state index >= 15 is 4.39 Å². The van der Waals surface area contributed by atoms with Crippen molar-refractivity contribution in [3.63, 3.8) is 0 Å². The maximum atomic E-state index is 15.1. The molecular formula is C27H25FN6. The van der Waals surface area contributed by atoms with E-state index in [9.17, 15) is 0 Å². The SMILES string of the molecule is C=C1NC(C)c2cc(Nc3n[nH]c(-c4cc(C)c(-c5ccc(C6CC6)nc5)cc4F)n3)ccc21. The van der Waals surface area contributed by atoms with Crippen molar-refractivity contribution in [1.29, 1.82) is 0 Å². The minimum absolute atomic E-state index is 0.197. The van der Waals surface area contributed by atoms with Crippen LogP contribution in [0.1, 0.15) is 54.1 Å². The van der Waals surface area contributed by atoms with Gasteiger partial charge in [-0.25, -0.2) is 4.39 Å². The zero-order valence-electron chi connectivity index (χ0n) is 19.1. The topological polar surface area (TPSA) is 78.5 Å². The number of aryl methyl sites for hydroxylation is 1. The molecule has 1 atom stereocenters. The summed E-state index contributed by atoms with van der Waals surface area (Å²) in [5.41, 5.74) is 8.27. The molecule has 7 heteroatoms. The molecule has 1 saturated carbocycles. The van der Waals surface area contributed by atoms with E-state index in [0.29, 0.717) is 23.3 Å². The molecule has 1 aliphatic carbocycles. The van der Waals surface area contributed by atoms with Gasteiger partial charge in [-0.15, -0.1) is 5.10 Å². The van der Waals surface area contributed by atoms with Gasteiger partial charge < -0.3 is 10.6 Å². The van der Waals surface area contributed by atoms with Crippen molar-refractivity contribution in [2.75, 3.05) is 5.32 Å². The smallest absolute Gasteiger partial charge is 0.246 e. The first kappa shape index (κ1) is 20.6. The van der Waals surface area contributed by atoms with E-state index in [0.717, 1.165) is 39.3 Å². The monoisotopic (exact) mass is 452 g/mol. The van der Waals surface area contributed by atoms with E-state index in [2.05, 4.69) is 56.4 Å². The van der Waals surface area contributed by atoms with Gasteiger partial charge in [0.1, 0.15) is 5.82 Å². The molecule has 1 unspecified atom stereocenters. The first-order chi connectivity index (χ1) is 16.5. The fourth-order valence-electron chi connectivity index (χ4n) is 4.62. The van der Waals surface area contributed by atoms with Gasteiger partial charge in [-0.3, -0.25) is 10.1 Å². The van der Waals surface area contributed by atoms with Gasteiger partial charge in [0, 0.05) is 46.4 Å². The van der Waals surface area contributed by atoms with E-state index in [4.69, 9.17) is 0 Å². The molecule has 2 aromatic carbocycles. The maximum absolute atomic E-state index is 15.1. The number of anilines is 2. The molecule has 6 nitrogen and oxygen atoms in total. The van der Waals surface area contributed by atoms with Gasteiger partial charge in [-0.1, -0.05) is 18.7 Å². The van der Waals surface area contributed by atoms with Crippen LogP contribution in [0.2, 0.25) is 0 Å². The summed E-state index contributed by atoms with van der Waals surface area (Å²) in [4.78, 5) is 9.06. The van der Waals surface area contributed by atoms with Crippen molar-refractivity contribution < 1.29 is 4.39 Å². The molecule has 170 valence electrons. The number of halogens is 1. The largest absolute Gasteiger partial charge is 0.378 e. The Labute approximate surface area is 197 Å². The highest BCUT2D eigenvalue weighted by atomic mass is 19.1. The predicted octanol–water partition coefficient (Wildman–Crippen LogP) is 6.24. The third kappa shape index (κ3) is 3.63. The Kier molecular flexibility index (Phi) is 4.72. The van der Waals surface area contributed by atoms with E-state index in [-0.39, 0.29) is 11.9 Å². The third-order valence-corrected chi connectivity index (χ3v) is 6.64. The highest BCUT2D eigenvalue weighted by Crippen LogP contribution is 2.39. The van der Waals surface area contributed by atoms with E-state index < -0.39 is 0 Å². The number of pyridine rings is 1. The second kappa shape index (κ2) is 7.80. The number of aromatic amines is 1. The summed E-state index contributed by atoms with van der Waals surface area (Å²) in [6.07, 6.45) is 4.26. The number of rotatable bonds is 5. The van der Waals surface area contributed by atoms with Crippen molar-refractivity contribution >= 4 is 17.3 Å². The Morgan fingerprint density at radius 3 is 2.68 bits per heavy atom. The number of H-pyrrole nitrogens is 1. The van der Waals surface area contributed by atoms with Crippen LogP contribution in [-0.4, -0.2) is 20.2 Å². The van der Waals surface area contributed by atoms with Crippen molar-refractivity contribution in [3.05, 3.63) is 83.4 Å². The summed E-state index contributed by atoms with van der Waals surface area (Å²) in [6.45, 7) is 8.11. The standard InChI is InChI=1S/C27H25FN6/c1-14-10-23(24(28)12-21(14)18-6-9-25(29-13-18)17-4-5-17)26-32-27(34-33-26)31-19-7-8-20-15(2)30-16(3)22(20)11-19/h6-13,16-17,30H,2,4-5H2,1,3H3,(H2,31,32,33,34). The van der Waals surface area contributed by atoms with Crippen LogP contribution in [0.3, 0.4) is 0 Å². The Morgan fingerprint density at radius 2 is 1.91 bits per heavy atom. The van der Waals surface area contributed by atoms with Crippen LogP contribution in [-0.2, 0) is 0 Å². The van der Waals surface area contributed by atoms with Crippen molar-refractivity contribution in [3.8, 4) is 22.5 Å². The minimum atomic E-state index is -0.356. The van der Waals surface area contributed by atoms with Crippen LogP contribution >= 0.6 is 0 Å². The zero-order chi connectivity index (χ0) is 23.4. The third-order valence-electron chi connectivity index (χ3n) is 6.64. The van der Waals surface area contributed by atoms with E-state index in [1.54, 1.807) is 12.1 Å². The molecule has 2 aromatic heterocycles. The van der Waals surface area contributed by atoms with Crippen LogP contribution in [0, 0.1) is 12.7 Å². The fraction of sp³-hybridized carbons (Fsp3) is 0.222. The van der Waals surface area contributed by atoms with Gasteiger partial charge in [0.05, 0.1) is 5.56 Å². The normalized spacial score (nSPS) is 16.9. The number of nitrogens with zero attached hydrogens (tertiary/aromatic N) is 3.